The predicted octanol–water partition coefficient (Wildman–Crippen LogP) is 2.26. The maximum Gasteiger partial charge on any atom is 0.355 e. The summed E-state index contributed by atoms with van der Waals surface area (Å²) in [6, 6.07) is 12.4. The molecule has 8 nitrogen and oxygen atoms in total. The van der Waals surface area contributed by atoms with Gasteiger partial charge in [-0.15, -0.1) is 0 Å². The van der Waals surface area contributed by atoms with Gasteiger partial charge in [0.25, 0.3) is 5.91 Å². The number of carbonyl (C=O) groups excluding carboxylic acids is 3. The number of halogens is 1. The Kier molecular flexibility index (Phi) is 4.71. The minimum absolute atomic E-state index is 0.145. The van der Waals surface area contributed by atoms with Crippen molar-refractivity contribution in [1.82, 2.24) is 0 Å². The minimum Gasteiger partial charge on any atom is -0.495 e. The van der Waals surface area contributed by atoms with E-state index in [4.69, 9.17) is 21.1 Å². The predicted molar refractivity (Wildman–Crippen MR) is 106 cm³/mol. The summed E-state index contributed by atoms with van der Waals surface area (Å²) < 4.78 is 10.1. The zero-order chi connectivity index (χ0) is 20.7. The number of ether oxygens (including phenoxy) is 2. The summed E-state index contributed by atoms with van der Waals surface area (Å²) in [5, 5.41) is 5.88. The van der Waals surface area contributed by atoms with Gasteiger partial charge in [-0.05, 0) is 24.3 Å². The first kappa shape index (κ1) is 18.9. The molecular formula is C20H16ClN3O5. The maximum atomic E-state index is 13.4. The van der Waals surface area contributed by atoms with Crippen LogP contribution in [-0.2, 0) is 19.1 Å². The van der Waals surface area contributed by atoms with Crippen LogP contribution in [0.1, 0.15) is 0 Å². The zero-order valence-corrected chi connectivity index (χ0v) is 16.3. The maximum absolute atomic E-state index is 13.4. The Bertz CT molecular complexity index is 1050. The molecule has 29 heavy (non-hydrogen) atoms. The van der Waals surface area contributed by atoms with E-state index in [0.29, 0.717) is 22.1 Å². The molecule has 2 aromatic rings. The standard InChI is InChI=1S/C20H16ClN3O5/c1-28-14-10-6-5-9-13(14)23-18(25)15-16(20(27)29-2)22-24(17(15)19(23)26)12-8-4-3-7-11(12)21/h3-10,15,17H,1-2H3/t15-,17-/m0/s1. The molecule has 2 amide bonds. The monoisotopic (exact) mass is 413 g/mol. The first-order chi connectivity index (χ1) is 14.0. The van der Waals surface area contributed by atoms with E-state index in [1.165, 1.54) is 19.2 Å². The third kappa shape index (κ3) is 2.84. The van der Waals surface area contributed by atoms with Crippen molar-refractivity contribution in [2.75, 3.05) is 24.1 Å². The highest BCUT2D eigenvalue weighted by Crippen LogP contribution is 2.41. The number of benzene rings is 2. The van der Waals surface area contributed by atoms with Gasteiger partial charge in [-0.1, -0.05) is 35.9 Å². The number of hydrogen-bond donors (Lipinski definition) is 0. The van der Waals surface area contributed by atoms with Gasteiger partial charge in [0.15, 0.2) is 5.71 Å². The van der Waals surface area contributed by atoms with Crippen molar-refractivity contribution < 1.29 is 23.9 Å². The van der Waals surface area contributed by atoms with E-state index in [0.717, 1.165) is 4.90 Å². The summed E-state index contributed by atoms with van der Waals surface area (Å²) in [5.41, 5.74) is 0.557. The third-order valence-corrected chi connectivity index (χ3v) is 5.19. The quantitative estimate of drug-likeness (QED) is 0.564. The molecule has 148 valence electrons. The molecule has 2 aliphatic heterocycles. The van der Waals surface area contributed by atoms with Crippen LogP contribution in [0, 0.1) is 5.92 Å². The molecule has 0 saturated carbocycles. The van der Waals surface area contributed by atoms with Gasteiger partial charge in [-0.2, -0.15) is 5.10 Å². The SMILES string of the molecule is COC(=O)C1=NN(c2ccccc2Cl)[C@@H]2C(=O)N(c3ccccc3OC)C(=O)[C@@H]12. The summed E-state index contributed by atoms with van der Waals surface area (Å²) in [7, 11) is 2.64. The van der Waals surface area contributed by atoms with Crippen molar-refractivity contribution >= 4 is 46.5 Å². The second kappa shape index (κ2) is 7.21. The molecule has 0 spiro atoms. The highest BCUT2D eigenvalue weighted by atomic mass is 35.5. The average Bonchev–Trinajstić information content (AvgIpc) is 3.25. The van der Waals surface area contributed by atoms with Gasteiger partial charge in [0.1, 0.15) is 17.7 Å². The van der Waals surface area contributed by atoms with Crippen molar-refractivity contribution in [1.29, 1.82) is 0 Å². The van der Waals surface area contributed by atoms with E-state index in [1.807, 2.05) is 0 Å². The van der Waals surface area contributed by atoms with Gasteiger partial charge in [0.05, 0.1) is 30.6 Å². The summed E-state index contributed by atoms with van der Waals surface area (Å²) in [6.07, 6.45) is 0. The number of nitrogens with zero attached hydrogens (tertiary/aromatic N) is 3. The number of amides is 2. The molecule has 0 bridgehead atoms. The van der Waals surface area contributed by atoms with E-state index < -0.39 is 29.7 Å². The Labute approximate surface area is 171 Å². The largest absolute Gasteiger partial charge is 0.495 e. The van der Waals surface area contributed by atoms with Gasteiger partial charge in [-0.25, -0.2) is 14.7 Å². The molecule has 9 heteroatoms. The highest BCUT2D eigenvalue weighted by Gasteiger charge is 2.59. The minimum atomic E-state index is -1.11. The van der Waals surface area contributed by atoms with Crippen LogP contribution in [0.3, 0.4) is 0 Å². The summed E-state index contributed by atoms with van der Waals surface area (Å²) in [6.45, 7) is 0. The van der Waals surface area contributed by atoms with Crippen LogP contribution >= 0.6 is 11.6 Å². The van der Waals surface area contributed by atoms with E-state index >= 15 is 0 Å². The summed E-state index contributed by atoms with van der Waals surface area (Å²) >= 11 is 6.28. The second-order valence-electron chi connectivity index (χ2n) is 6.38. The number of carbonyl (C=O) groups is 3. The van der Waals surface area contributed by atoms with E-state index in [-0.39, 0.29) is 5.71 Å². The number of imide groups is 1. The van der Waals surface area contributed by atoms with Crippen molar-refractivity contribution in [3.8, 4) is 5.75 Å². The molecule has 0 N–H and O–H groups in total. The molecule has 0 radical (unpaired) electrons. The number of methoxy groups -OCH3 is 2. The molecule has 0 unspecified atom stereocenters. The molecule has 2 heterocycles. The van der Waals surface area contributed by atoms with Crippen LogP contribution < -0.4 is 14.6 Å². The van der Waals surface area contributed by atoms with Gasteiger partial charge < -0.3 is 9.47 Å². The van der Waals surface area contributed by atoms with E-state index in [1.54, 1.807) is 48.5 Å². The lowest BCUT2D eigenvalue weighted by Gasteiger charge is -2.23. The van der Waals surface area contributed by atoms with E-state index in [2.05, 4.69) is 5.10 Å². The molecule has 0 aromatic heterocycles. The van der Waals surface area contributed by atoms with Crippen LogP contribution in [0.4, 0.5) is 11.4 Å². The third-order valence-electron chi connectivity index (χ3n) is 4.87. The lowest BCUT2D eigenvalue weighted by Crippen LogP contribution is -2.39. The summed E-state index contributed by atoms with van der Waals surface area (Å²) in [5.74, 6) is -2.65. The Morgan fingerprint density at radius 2 is 1.66 bits per heavy atom. The van der Waals surface area contributed by atoms with Gasteiger partial charge in [0, 0.05) is 0 Å². The number of hydrogen-bond acceptors (Lipinski definition) is 7. The van der Waals surface area contributed by atoms with Crippen molar-refractivity contribution in [3.05, 3.63) is 53.6 Å². The number of esters is 1. The number of para-hydroxylation sites is 3. The molecule has 1 saturated heterocycles. The summed E-state index contributed by atoms with van der Waals surface area (Å²) in [4.78, 5) is 40.0. The second-order valence-corrected chi connectivity index (χ2v) is 6.79. The van der Waals surface area contributed by atoms with Crippen molar-refractivity contribution in [2.24, 2.45) is 11.0 Å². The molecule has 0 aliphatic carbocycles. The Morgan fingerprint density at radius 1 is 1.00 bits per heavy atom. The number of fused-ring (bicyclic) bond motifs is 1. The van der Waals surface area contributed by atoms with Crippen LogP contribution in [0.15, 0.2) is 53.6 Å². The fraction of sp³-hybridized carbons (Fsp3) is 0.200. The van der Waals surface area contributed by atoms with Crippen LogP contribution in [0.2, 0.25) is 5.02 Å². The molecular weight excluding hydrogens is 398 g/mol. The van der Waals surface area contributed by atoms with Crippen molar-refractivity contribution in [2.45, 2.75) is 6.04 Å². The smallest absolute Gasteiger partial charge is 0.355 e. The number of rotatable bonds is 4. The molecule has 2 aliphatic rings. The molecule has 2 aromatic carbocycles. The normalized spacial score (nSPS) is 20.6. The average molecular weight is 414 g/mol. The molecule has 2 atom stereocenters. The number of anilines is 2. The van der Waals surface area contributed by atoms with Gasteiger partial charge in [0.2, 0.25) is 5.91 Å². The Morgan fingerprint density at radius 3 is 2.31 bits per heavy atom. The fourth-order valence-corrected chi connectivity index (χ4v) is 3.80. The molecule has 1 fully saturated rings. The highest BCUT2D eigenvalue weighted by molar-refractivity contribution is 6.47. The lowest BCUT2D eigenvalue weighted by atomic mass is 9.98. The van der Waals surface area contributed by atoms with Gasteiger partial charge >= 0.3 is 5.97 Å². The van der Waals surface area contributed by atoms with E-state index in [9.17, 15) is 14.4 Å². The van der Waals surface area contributed by atoms with Crippen molar-refractivity contribution in [3.63, 3.8) is 0 Å². The van der Waals surface area contributed by atoms with Crippen LogP contribution in [0.5, 0.6) is 5.75 Å². The van der Waals surface area contributed by atoms with Gasteiger partial charge in [-0.3, -0.25) is 9.59 Å². The fourth-order valence-electron chi connectivity index (χ4n) is 3.58. The van der Waals surface area contributed by atoms with Crippen LogP contribution in [-0.4, -0.2) is 43.8 Å². The first-order valence-corrected chi connectivity index (χ1v) is 9.08. The zero-order valence-electron chi connectivity index (χ0n) is 15.5. The Hall–Kier alpha value is -3.39. The topological polar surface area (TPSA) is 88.5 Å². The lowest BCUT2D eigenvalue weighted by molar-refractivity contribution is -0.133. The Balaban J connectivity index is 1.85. The number of hydrazone groups is 1. The van der Waals surface area contributed by atoms with Crippen LogP contribution in [0.25, 0.3) is 0 Å². The first-order valence-electron chi connectivity index (χ1n) is 8.71. The molecule has 4 rings (SSSR count).